The maximum Gasteiger partial charge on any atom is 0.321 e. The van der Waals surface area contributed by atoms with Crippen LogP contribution in [0.25, 0.3) is 0 Å². The number of anilines is 1. The molecule has 21 heavy (non-hydrogen) atoms. The Morgan fingerprint density at radius 1 is 1.43 bits per heavy atom. The molecule has 0 saturated heterocycles. The molecule has 2 amide bonds. The van der Waals surface area contributed by atoms with E-state index in [1.54, 1.807) is 0 Å². The highest BCUT2D eigenvalue weighted by Crippen LogP contribution is 2.29. The van der Waals surface area contributed by atoms with E-state index in [-0.39, 0.29) is 12.6 Å². The van der Waals surface area contributed by atoms with Gasteiger partial charge in [-0.3, -0.25) is 9.69 Å². The van der Waals surface area contributed by atoms with E-state index in [1.807, 2.05) is 43.3 Å². The minimum atomic E-state index is -0.865. The van der Waals surface area contributed by atoms with Crippen LogP contribution in [0.1, 0.15) is 18.9 Å². The molecular weight excluding hydrogens is 268 g/mol. The summed E-state index contributed by atoms with van der Waals surface area (Å²) in [4.78, 5) is 25.1. The zero-order valence-electron chi connectivity index (χ0n) is 12.1. The van der Waals surface area contributed by atoms with Crippen LogP contribution in [0.5, 0.6) is 0 Å². The highest BCUT2D eigenvalue weighted by molar-refractivity contribution is 5.94. The number of hydrogen-bond acceptors (Lipinski definition) is 2. The van der Waals surface area contributed by atoms with E-state index in [2.05, 4.69) is 5.32 Å². The number of rotatable bonds is 4. The second-order valence-electron chi connectivity index (χ2n) is 5.07. The van der Waals surface area contributed by atoms with Crippen LogP contribution in [0.4, 0.5) is 10.5 Å². The summed E-state index contributed by atoms with van der Waals surface area (Å²) in [6, 6.07) is 7.23. The Hall–Kier alpha value is -2.30. The Bertz CT molecular complexity index is 554. The zero-order valence-corrected chi connectivity index (χ0v) is 12.1. The first-order chi connectivity index (χ1) is 10.1. The maximum atomic E-state index is 12.3. The monoisotopic (exact) mass is 288 g/mol. The number of carbonyl (C=O) groups excluding carboxylic acids is 1. The molecule has 1 aliphatic heterocycles. The van der Waals surface area contributed by atoms with Crippen LogP contribution in [-0.2, 0) is 11.2 Å². The van der Waals surface area contributed by atoms with Crippen LogP contribution in [0.3, 0.4) is 0 Å². The molecule has 5 nitrogen and oxygen atoms in total. The number of carboxylic acid groups (broad SMARTS) is 1. The van der Waals surface area contributed by atoms with Crippen molar-refractivity contribution in [3.05, 3.63) is 42.0 Å². The summed E-state index contributed by atoms with van der Waals surface area (Å²) in [5.74, 6) is -1.42. The molecule has 0 spiro atoms. The number of nitrogens with one attached hydrogen (secondary N) is 1. The Morgan fingerprint density at radius 2 is 2.19 bits per heavy atom. The van der Waals surface area contributed by atoms with Crippen LogP contribution in [-0.4, -0.2) is 30.2 Å². The number of urea groups is 1. The average Bonchev–Trinajstić information content (AvgIpc) is 2.50. The third-order valence-corrected chi connectivity index (χ3v) is 3.57. The van der Waals surface area contributed by atoms with E-state index in [0.717, 1.165) is 17.7 Å². The van der Waals surface area contributed by atoms with Gasteiger partial charge in [-0.2, -0.15) is 0 Å². The van der Waals surface area contributed by atoms with Crippen molar-refractivity contribution in [2.75, 3.05) is 18.0 Å². The third-order valence-electron chi connectivity index (χ3n) is 3.57. The van der Waals surface area contributed by atoms with Gasteiger partial charge in [0.25, 0.3) is 0 Å². The molecule has 0 saturated carbocycles. The SMILES string of the molecule is C/C=C/CCNC(=O)N1CC(C(=O)O)Cc2ccccc21. The van der Waals surface area contributed by atoms with Gasteiger partial charge in [-0.15, -0.1) is 0 Å². The molecule has 5 heteroatoms. The Morgan fingerprint density at radius 3 is 2.90 bits per heavy atom. The minimum absolute atomic E-state index is 0.210. The average molecular weight is 288 g/mol. The quantitative estimate of drug-likeness (QED) is 0.660. The van der Waals surface area contributed by atoms with Crippen LogP contribution in [0.15, 0.2) is 36.4 Å². The van der Waals surface area contributed by atoms with Crippen molar-refractivity contribution < 1.29 is 14.7 Å². The summed E-state index contributed by atoms with van der Waals surface area (Å²) in [7, 11) is 0. The molecule has 1 unspecified atom stereocenters. The lowest BCUT2D eigenvalue weighted by atomic mass is 9.93. The summed E-state index contributed by atoms with van der Waals surface area (Å²) in [5, 5.41) is 12.1. The van der Waals surface area contributed by atoms with Gasteiger partial charge < -0.3 is 10.4 Å². The molecular formula is C16H20N2O3. The van der Waals surface area contributed by atoms with Crippen molar-refractivity contribution in [1.82, 2.24) is 5.32 Å². The number of benzene rings is 1. The molecule has 0 bridgehead atoms. The summed E-state index contributed by atoms with van der Waals surface area (Å²) >= 11 is 0. The fourth-order valence-electron chi connectivity index (χ4n) is 2.48. The standard InChI is InChI=1S/C16H20N2O3/c1-2-3-6-9-17-16(21)18-11-13(15(19)20)10-12-7-4-5-8-14(12)18/h2-5,7-8,13H,6,9-11H2,1H3,(H,17,21)(H,19,20)/b3-2+. The van der Waals surface area contributed by atoms with Crippen LogP contribution < -0.4 is 10.2 Å². The third kappa shape index (κ3) is 3.62. The van der Waals surface area contributed by atoms with E-state index >= 15 is 0 Å². The molecule has 1 aromatic rings. The van der Waals surface area contributed by atoms with Crippen LogP contribution >= 0.6 is 0 Å². The highest BCUT2D eigenvalue weighted by atomic mass is 16.4. The predicted molar refractivity (Wildman–Crippen MR) is 81.4 cm³/mol. The van der Waals surface area contributed by atoms with Crippen molar-refractivity contribution in [3.8, 4) is 0 Å². The first-order valence-corrected chi connectivity index (χ1v) is 7.10. The van der Waals surface area contributed by atoms with Gasteiger partial charge in [0.05, 0.1) is 5.92 Å². The minimum Gasteiger partial charge on any atom is -0.481 e. The molecule has 2 rings (SSSR count). The molecule has 0 aliphatic carbocycles. The number of aliphatic carboxylic acids is 1. The normalized spacial score (nSPS) is 17.6. The lowest BCUT2D eigenvalue weighted by Gasteiger charge is -2.32. The Balaban J connectivity index is 2.13. The highest BCUT2D eigenvalue weighted by Gasteiger charge is 2.31. The smallest absolute Gasteiger partial charge is 0.321 e. The number of para-hydroxylation sites is 1. The van der Waals surface area contributed by atoms with Gasteiger partial charge in [-0.1, -0.05) is 30.4 Å². The lowest BCUT2D eigenvalue weighted by molar-refractivity contribution is -0.141. The topological polar surface area (TPSA) is 69.6 Å². The van der Waals surface area contributed by atoms with E-state index in [4.69, 9.17) is 0 Å². The van der Waals surface area contributed by atoms with Gasteiger partial charge in [-0.25, -0.2) is 4.79 Å². The van der Waals surface area contributed by atoms with Gasteiger partial charge in [0, 0.05) is 18.8 Å². The van der Waals surface area contributed by atoms with Crippen molar-refractivity contribution >= 4 is 17.7 Å². The van der Waals surface area contributed by atoms with Crippen molar-refractivity contribution in [2.24, 2.45) is 5.92 Å². The van der Waals surface area contributed by atoms with E-state index in [0.29, 0.717) is 13.0 Å². The predicted octanol–water partition coefficient (Wildman–Crippen LogP) is 2.43. The van der Waals surface area contributed by atoms with Gasteiger partial charge in [0.15, 0.2) is 0 Å². The molecule has 112 valence electrons. The molecule has 1 aliphatic rings. The summed E-state index contributed by atoms with van der Waals surface area (Å²) < 4.78 is 0. The number of allylic oxidation sites excluding steroid dienone is 1. The Labute approximate surface area is 124 Å². The summed E-state index contributed by atoms with van der Waals surface area (Å²) in [6.07, 6.45) is 5.14. The van der Waals surface area contributed by atoms with E-state index < -0.39 is 11.9 Å². The number of fused-ring (bicyclic) bond motifs is 1. The molecule has 0 radical (unpaired) electrons. The van der Waals surface area contributed by atoms with Gasteiger partial charge >= 0.3 is 12.0 Å². The first kappa shape index (κ1) is 15.1. The number of carboxylic acids is 1. The summed E-state index contributed by atoms with van der Waals surface area (Å²) in [6.45, 7) is 2.68. The lowest BCUT2D eigenvalue weighted by Crippen LogP contribution is -2.47. The molecule has 0 fully saturated rings. The molecule has 1 heterocycles. The molecule has 2 N–H and O–H groups in total. The number of carbonyl (C=O) groups is 2. The molecule has 1 atom stereocenters. The molecule has 1 aromatic carbocycles. The van der Waals surface area contributed by atoms with E-state index in [9.17, 15) is 14.7 Å². The second kappa shape index (κ2) is 6.92. The number of nitrogens with zero attached hydrogens (tertiary/aromatic N) is 1. The van der Waals surface area contributed by atoms with Gasteiger partial charge in [0.1, 0.15) is 0 Å². The van der Waals surface area contributed by atoms with Crippen LogP contribution in [0, 0.1) is 5.92 Å². The van der Waals surface area contributed by atoms with Crippen molar-refractivity contribution in [1.29, 1.82) is 0 Å². The van der Waals surface area contributed by atoms with E-state index in [1.165, 1.54) is 4.90 Å². The Kier molecular flexibility index (Phi) is 4.98. The fraction of sp³-hybridized carbons (Fsp3) is 0.375. The largest absolute Gasteiger partial charge is 0.481 e. The first-order valence-electron chi connectivity index (χ1n) is 7.10. The van der Waals surface area contributed by atoms with Crippen LogP contribution in [0.2, 0.25) is 0 Å². The second-order valence-corrected chi connectivity index (χ2v) is 5.07. The number of hydrogen-bond donors (Lipinski definition) is 2. The molecule has 0 aromatic heterocycles. The van der Waals surface area contributed by atoms with Gasteiger partial charge in [0.2, 0.25) is 0 Å². The summed E-state index contributed by atoms with van der Waals surface area (Å²) in [5.41, 5.74) is 1.71. The van der Waals surface area contributed by atoms with Crippen molar-refractivity contribution in [3.63, 3.8) is 0 Å². The maximum absolute atomic E-state index is 12.3. The zero-order chi connectivity index (χ0) is 15.2. The van der Waals surface area contributed by atoms with Crippen molar-refractivity contribution in [2.45, 2.75) is 19.8 Å². The fourth-order valence-corrected chi connectivity index (χ4v) is 2.48. The number of amides is 2. The van der Waals surface area contributed by atoms with Gasteiger partial charge in [-0.05, 0) is 31.4 Å².